The van der Waals surface area contributed by atoms with Crippen molar-refractivity contribution < 1.29 is 4.79 Å². The summed E-state index contributed by atoms with van der Waals surface area (Å²) in [4.78, 5) is 12.0. The van der Waals surface area contributed by atoms with Crippen molar-refractivity contribution in [2.45, 2.75) is 39.0 Å². The lowest BCUT2D eigenvalue weighted by molar-refractivity contribution is -0.127. The fourth-order valence-electron chi connectivity index (χ4n) is 2.65. The number of rotatable bonds is 3. The number of thioether (sulfide) groups is 1. The van der Waals surface area contributed by atoms with Crippen molar-refractivity contribution in [3.05, 3.63) is 0 Å². The van der Waals surface area contributed by atoms with Crippen molar-refractivity contribution in [2.75, 3.05) is 11.5 Å². The van der Waals surface area contributed by atoms with Crippen LogP contribution >= 0.6 is 11.8 Å². The molecule has 0 aromatic carbocycles. The van der Waals surface area contributed by atoms with Crippen molar-refractivity contribution in [3.8, 4) is 0 Å². The molecular formula is C12H20OS. The van der Waals surface area contributed by atoms with Crippen LogP contribution in [0.3, 0.4) is 0 Å². The van der Waals surface area contributed by atoms with Crippen molar-refractivity contribution >= 4 is 17.5 Å². The summed E-state index contributed by atoms with van der Waals surface area (Å²) in [6.45, 7) is 2.26. The smallest absolute Gasteiger partial charge is 0.140 e. The molecule has 0 spiro atoms. The number of carbonyl (C=O) groups is 1. The maximum absolute atomic E-state index is 12.0. The summed E-state index contributed by atoms with van der Waals surface area (Å²) in [5, 5.41) is 0. The van der Waals surface area contributed by atoms with Crippen LogP contribution in [0.15, 0.2) is 0 Å². The van der Waals surface area contributed by atoms with Crippen molar-refractivity contribution in [1.82, 2.24) is 0 Å². The fourth-order valence-corrected chi connectivity index (χ4v) is 3.45. The molecule has 1 aliphatic carbocycles. The SMILES string of the molecule is CCC1CCCC(C(=O)C2CSC2)C1. The quantitative estimate of drug-likeness (QED) is 0.715. The molecule has 1 saturated heterocycles. The number of carbonyl (C=O) groups excluding carboxylic acids is 1. The highest BCUT2D eigenvalue weighted by atomic mass is 32.2. The van der Waals surface area contributed by atoms with E-state index in [0.717, 1.165) is 17.4 Å². The highest BCUT2D eigenvalue weighted by Gasteiger charge is 2.34. The third-order valence-corrected chi connectivity index (χ3v) is 5.08. The Balaban J connectivity index is 1.86. The van der Waals surface area contributed by atoms with Crippen LogP contribution < -0.4 is 0 Å². The number of Topliss-reactive ketones (excluding diaryl/α,β-unsaturated/α-hetero) is 1. The van der Waals surface area contributed by atoms with Gasteiger partial charge in [0.15, 0.2) is 0 Å². The van der Waals surface area contributed by atoms with Gasteiger partial charge in [0.1, 0.15) is 5.78 Å². The van der Waals surface area contributed by atoms with E-state index in [1.807, 2.05) is 11.8 Å². The van der Waals surface area contributed by atoms with Gasteiger partial charge in [-0.1, -0.05) is 26.2 Å². The second kappa shape index (κ2) is 4.69. The molecule has 0 amide bonds. The summed E-state index contributed by atoms with van der Waals surface area (Å²) in [5.41, 5.74) is 0. The fraction of sp³-hybridized carbons (Fsp3) is 0.917. The van der Waals surface area contributed by atoms with Crippen molar-refractivity contribution in [2.24, 2.45) is 17.8 Å². The Labute approximate surface area is 91.0 Å². The molecule has 14 heavy (non-hydrogen) atoms. The molecule has 1 aliphatic heterocycles. The summed E-state index contributed by atoms with van der Waals surface area (Å²) in [5.74, 6) is 4.51. The second-order valence-electron chi connectivity index (χ2n) is 4.77. The predicted octanol–water partition coefficient (Wildman–Crippen LogP) is 3.13. The van der Waals surface area contributed by atoms with Gasteiger partial charge in [-0.25, -0.2) is 0 Å². The Kier molecular flexibility index (Phi) is 3.53. The number of hydrogen-bond acceptors (Lipinski definition) is 2. The molecule has 80 valence electrons. The van der Waals surface area contributed by atoms with Gasteiger partial charge in [0.25, 0.3) is 0 Å². The van der Waals surface area contributed by atoms with Crippen LogP contribution in [-0.4, -0.2) is 17.3 Å². The summed E-state index contributed by atoms with van der Waals surface area (Å²) >= 11 is 1.92. The van der Waals surface area contributed by atoms with Gasteiger partial charge < -0.3 is 0 Å². The molecule has 0 N–H and O–H groups in total. The summed E-state index contributed by atoms with van der Waals surface area (Å²) in [6.07, 6.45) is 6.28. The zero-order valence-corrected chi connectivity index (χ0v) is 9.81. The monoisotopic (exact) mass is 212 g/mol. The van der Waals surface area contributed by atoms with Crippen LogP contribution in [0.1, 0.15) is 39.0 Å². The van der Waals surface area contributed by atoms with Gasteiger partial charge in [-0.2, -0.15) is 11.8 Å². The topological polar surface area (TPSA) is 17.1 Å². The Hall–Kier alpha value is 0.0200. The lowest BCUT2D eigenvalue weighted by atomic mass is 9.76. The Morgan fingerprint density at radius 1 is 1.29 bits per heavy atom. The number of hydrogen-bond donors (Lipinski definition) is 0. The first-order valence-electron chi connectivity index (χ1n) is 5.92. The third-order valence-electron chi connectivity index (χ3n) is 3.80. The van der Waals surface area contributed by atoms with E-state index < -0.39 is 0 Å². The molecule has 2 heteroatoms. The Morgan fingerprint density at radius 3 is 2.64 bits per heavy atom. The van der Waals surface area contributed by atoms with Gasteiger partial charge in [0.05, 0.1) is 0 Å². The Morgan fingerprint density at radius 2 is 2.07 bits per heavy atom. The van der Waals surface area contributed by atoms with E-state index in [0.29, 0.717) is 17.6 Å². The average Bonchev–Trinajstić information content (AvgIpc) is 2.15. The highest BCUT2D eigenvalue weighted by Crippen LogP contribution is 2.36. The standard InChI is InChI=1S/C12H20OS/c1-2-9-4-3-5-10(6-9)12(13)11-7-14-8-11/h9-11H,2-8H2,1H3. The summed E-state index contributed by atoms with van der Waals surface area (Å²) in [7, 11) is 0. The first-order valence-corrected chi connectivity index (χ1v) is 7.08. The molecule has 0 radical (unpaired) electrons. The largest absolute Gasteiger partial charge is 0.299 e. The van der Waals surface area contributed by atoms with Crippen LogP contribution in [0.25, 0.3) is 0 Å². The molecule has 2 atom stereocenters. The zero-order chi connectivity index (χ0) is 9.97. The maximum Gasteiger partial charge on any atom is 0.140 e. The minimum Gasteiger partial charge on any atom is -0.299 e. The van der Waals surface area contributed by atoms with E-state index >= 15 is 0 Å². The van der Waals surface area contributed by atoms with E-state index in [-0.39, 0.29) is 0 Å². The van der Waals surface area contributed by atoms with E-state index in [1.165, 1.54) is 32.1 Å². The minimum atomic E-state index is 0.430. The zero-order valence-electron chi connectivity index (χ0n) is 9.00. The molecule has 1 heterocycles. The van der Waals surface area contributed by atoms with Gasteiger partial charge in [-0.15, -0.1) is 0 Å². The molecule has 2 aliphatic rings. The summed E-state index contributed by atoms with van der Waals surface area (Å²) < 4.78 is 0. The third kappa shape index (κ3) is 2.16. The van der Waals surface area contributed by atoms with Crippen molar-refractivity contribution in [1.29, 1.82) is 0 Å². The summed E-state index contributed by atoms with van der Waals surface area (Å²) in [6, 6.07) is 0. The van der Waals surface area contributed by atoms with Crippen molar-refractivity contribution in [3.63, 3.8) is 0 Å². The molecule has 1 nitrogen and oxygen atoms in total. The van der Waals surface area contributed by atoms with E-state index in [1.54, 1.807) is 0 Å². The van der Waals surface area contributed by atoms with Crippen LogP contribution in [-0.2, 0) is 4.79 Å². The normalized spacial score (nSPS) is 33.8. The van der Waals surface area contributed by atoms with Crippen LogP contribution in [0, 0.1) is 17.8 Å². The predicted molar refractivity (Wildman–Crippen MR) is 61.6 cm³/mol. The first-order chi connectivity index (χ1) is 6.81. The van der Waals surface area contributed by atoms with Gasteiger partial charge in [0, 0.05) is 23.3 Å². The van der Waals surface area contributed by atoms with E-state index in [4.69, 9.17) is 0 Å². The molecule has 0 bridgehead atoms. The van der Waals surface area contributed by atoms with Crippen LogP contribution in [0.4, 0.5) is 0 Å². The lowest BCUT2D eigenvalue weighted by Gasteiger charge is -2.32. The van der Waals surface area contributed by atoms with Crippen LogP contribution in [0.5, 0.6) is 0 Å². The van der Waals surface area contributed by atoms with E-state index in [2.05, 4.69) is 6.92 Å². The maximum atomic E-state index is 12.0. The average molecular weight is 212 g/mol. The van der Waals surface area contributed by atoms with Gasteiger partial charge >= 0.3 is 0 Å². The van der Waals surface area contributed by atoms with Gasteiger partial charge in [-0.3, -0.25) is 4.79 Å². The van der Waals surface area contributed by atoms with Crippen LogP contribution in [0.2, 0.25) is 0 Å². The molecule has 1 saturated carbocycles. The van der Waals surface area contributed by atoms with Gasteiger partial charge in [0.2, 0.25) is 0 Å². The second-order valence-corrected chi connectivity index (χ2v) is 5.85. The van der Waals surface area contributed by atoms with Gasteiger partial charge in [-0.05, 0) is 18.8 Å². The number of ketones is 1. The molecule has 2 fully saturated rings. The molecule has 0 aromatic heterocycles. The molecule has 2 unspecified atom stereocenters. The molecule has 2 rings (SSSR count). The first kappa shape index (κ1) is 10.5. The molecule has 0 aromatic rings. The van der Waals surface area contributed by atoms with E-state index in [9.17, 15) is 4.79 Å². The minimum absolute atomic E-state index is 0.430. The lowest BCUT2D eigenvalue weighted by Crippen LogP contribution is -2.35. The Bertz CT molecular complexity index is 210. The molecular weight excluding hydrogens is 192 g/mol. The highest BCUT2D eigenvalue weighted by molar-refractivity contribution is 8.00.